The molecule has 5 nitrogen and oxygen atoms in total. The minimum atomic E-state index is -1.21. The lowest BCUT2D eigenvalue weighted by molar-refractivity contribution is -0.105. The molecule has 4 atom stereocenters. The summed E-state index contributed by atoms with van der Waals surface area (Å²) in [6.07, 6.45) is 5.89. The molecule has 0 amide bonds. The molecule has 0 saturated heterocycles. The number of aliphatic hydroxyl groups is 2. The van der Waals surface area contributed by atoms with E-state index in [0.717, 1.165) is 23.5 Å². The summed E-state index contributed by atoms with van der Waals surface area (Å²) in [5.41, 5.74) is 3.47. The highest BCUT2D eigenvalue weighted by atomic mass is 16.5. The molecule has 1 unspecified atom stereocenters. The normalized spacial score (nSPS) is 25.4. The van der Waals surface area contributed by atoms with Crippen molar-refractivity contribution >= 4 is 11.3 Å². The Labute approximate surface area is 179 Å². The van der Waals surface area contributed by atoms with Crippen LogP contribution in [-0.2, 0) is 4.74 Å². The van der Waals surface area contributed by atoms with Gasteiger partial charge in [-0.15, -0.1) is 0 Å². The fraction of sp³-hybridized carbons (Fsp3) is 0.520. The molecule has 2 aliphatic rings. The van der Waals surface area contributed by atoms with Crippen LogP contribution in [0.4, 0.5) is 5.69 Å². The SMILES string of the molecule is CC(C)=CCC/C(C)=C/CC[C@](C)(O)[C@@H]1OC2=C(c3ccccc3N(O)C2C)[C@@H]1O. The molecule has 3 N–H and O–H groups in total. The van der Waals surface area contributed by atoms with Crippen LogP contribution in [0.15, 0.2) is 53.3 Å². The smallest absolute Gasteiger partial charge is 0.157 e. The maximum atomic E-state index is 11.2. The van der Waals surface area contributed by atoms with E-state index in [-0.39, 0.29) is 0 Å². The molecule has 2 aliphatic heterocycles. The lowest BCUT2D eigenvalue weighted by atomic mass is 9.85. The van der Waals surface area contributed by atoms with Crippen LogP contribution in [0.1, 0.15) is 65.9 Å². The number of allylic oxidation sites excluding steroid dienone is 4. The first kappa shape index (κ1) is 22.6. The monoisotopic (exact) mass is 413 g/mol. The van der Waals surface area contributed by atoms with Gasteiger partial charge in [-0.3, -0.25) is 5.21 Å². The number of hydrogen-bond donors (Lipinski definition) is 3. The Morgan fingerprint density at radius 2 is 1.87 bits per heavy atom. The third kappa shape index (κ3) is 4.48. The summed E-state index contributed by atoms with van der Waals surface area (Å²) in [7, 11) is 0. The quantitative estimate of drug-likeness (QED) is 0.550. The van der Waals surface area contributed by atoms with Crippen molar-refractivity contribution in [2.75, 3.05) is 5.06 Å². The zero-order valence-electron chi connectivity index (χ0n) is 18.7. The minimum absolute atomic E-state index is 0.428. The maximum Gasteiger partial charge on any atom is 0.157 e. The number of fused-ring (bicyclic) bond motifs is 2. The maximum absolute atomic E-state index is 11.2. The van der Waals surface area contributed by atoms with Crippen LogP contribution in [0, 0.1) is 0 Å². The predicted molar refractivity (Wildman–Crippen MR) is 120 cm³/mol. The fourth-order valence-electron chi connectivity index (χ4n) is 4.31. The summed E-state index contributed by atoms with van der Waals surface area (Å²) in [5.74, 6) is 0.530. The lowest BCUT2D eigenvalue weighted by Gasteiger charge is -2.33. The van der Waals surface area contributed by atoms with Gasteiger partial charge in [0.1, 0.15) is 23.5 Å². The van der Waals surface area contributed by atoms with E-state index in [4.69, 9.17) is 4.74 Å². The molecular weight excluding hydrogens is 378 g/mol. The number of anilines is 1. The summed E-state index contributed by atoms with van der Waals surface area (Å²) in [6, 6.07) is 6.97. The largest absolute Gasteiger partial charge is 0.486 e. The Morgan fingerprint density at radius 1 is 1.17 bits per heavy atom. The lowest BCUT2D eigenvalue weighted by Crippen LogP contribution is -2.46. The van der Waals surface area contributed by atoms with Gasteiger partial charge in [-0.1, -0.05) is 41.5 Å². The molecule has 0 aromatic heterocycles. The van der Waals surface area contributed by atoms with E-state index in [9.17, 15) is 15.4 Å². The highest BCUT2D eigenvalue weighted by Gasteiger charge is 2.50. The number of para-hydroxylation sites is 1. The van der Waals surface area contributed by atoms with Gasteiger partial charge in [0, 0.05) is 11.1 Å². The first-order chi connectivity index (χ1) is 14.1. The van der Waals surface area contributed by atoms with Crippen LogP contribution >= 0.6 is 0 Å². The summed E-state index contributed by atoms with van der Waals surface area (Å²) in [5, 5.41) is 33.9. The van der Waals surface area contributed by atoms with Crippen molar-refractivity contribution in [2.45, 2.75) is 84.2 Å². The zero-order valence-corrected chi connectivity index (χ0v) is 18.7. The van der Waals surface area contributed by atoms with Crippen molar-refractivity contribution in [1.82, 2.24) is 0 Å². The van der Waals surface area contributed by atoms with Crippen molar-refractivity contribution < 1.29 is 20.2 Å². The molecule has 5 heteroatoms. The van der Waals surface area contributed by atoms with Crippen LogP contribution in [-0.4, -0.2) is 39.3 Å². The van der Waals surface area contributed by atoms with Gasteiger partial charge in [0.05, 0.1) is 5.69 Å². The minimum Gasteiger partial charge on any atom is -0.486 e. The molecule has 0 bridgehead atoms. The van der Waals surface area contributed by atoms with Crippen molar-refractivity contribution in [3.8, 4) is 0 Å². The Bertz CT molecular complexity index is 864. The second-order valence-corrected chi connectivity index (χ2v) is 9.07. The number of rotatable bonds is 7. The van der Waals surface area contributed by atoms with Crippen molar-refractivity contribution in [2.24, 2.45) is 0 Å². The Kier molecular flexibility index (Phi) is 6.75. The van der Waals surface area contributed by atoms with Gasteiger partial charge in [-0.2, -0.15) is 0 Å². The van der Waals surface area contributed by atoms with E-state index in [1.807, 2.05) is 31.2 Å². The van der Waals surface area contributed by atoms with E-state index < -0.39 is 23.9 Å². The summed E-state index contributed by atoms with van der Waals surface area (Å²) < 4.78 is 6.08. The van der Waals surface area contributed by atoms with Crippen LogP contribution in [0.25, 0.3) is 5.57 Å². The molecule has 0 saturated carbocycles. The fourth-order valence-corrected chi connectivity index (χ4v) is 4.31. The van der Waals surface area contributed by atoms with Gasteiger partial charge in [-0.05, 0) is 66.4 Å². The Morgan fingerprint density at radius 3 is 2.57 bits per heavy atom. The van der Waals surface area contributed by atoms with Gasteiger partial charge >= 0.3 is 0 Å². The van der Waals surface area contributed by atoms with Gasteiger partial charge in [0.25, 0.3) is 0 Å². The van der Waals surface area contributed by atoms with Crippen molar-refractivity contribution in [3.63, 3.8) is 0 Å². The Balaban J connectivity index is 1.70. The summed E-state index contributed by atoms with van der Waals surface area (Å²) >= 11 is 0. The van der Waals surface area contributed by atoms with Crippen LogP contribution in [0.2, 0.25) is 0 Å². The summed E-state index contributed by atoms with van der Waals surface area (Å²) in [6.45, 7) is 9.87. The highest BCUT2D eigenvalue weighted by molar-refractivity contribution is 5.85. The third-order valence-electron chi connectivity index (χ3n) is 6.14. The first-order valence-corrected chi connectivity index (χ1v) is 10.8. The molecule has 0 spiro atoms. The van der Waals surface area contributed by atoms with Crippen LogP contribution in [0.5, 0.6) is 0 Å². The highest BCUT2D eigenvalue weighted by Crippen LogP contribution is 2.47. The van der Waals surface area contributed by atoms with E-state index in [1.54, 1.807) is 6.92 Å². The van der Waals surface area contributed by atoms with Gasteiger partial charge in [0.15, 0.2) is 6.10 Å². The molecule has 0 fully saturated rings. The molecule has 3 rings (SSSR count). The molecule has 1 aromatic rings. The number of ether oxygens (including phenoxy) is 1. The molecular formula is C25H35NO4. The molecule has 164 valence electrons. The van der Waals surface area contributed by atoms with E-state index in [0.29, 0.717) is 29.9 Å². The van der Waals surface area contributed by atoms with Gasteiger partial charge < -0.3 is 14.9 Å². The molecule has 0 radical (unpaired) electrons. The van der Waals surface area contributed by atoms with Crippen LogP contribution < -0.4 is 5.06 Å². The number of hydrogen-bond acceptors (Lipinski definition) is 5. The number of benzene rings is 1. The van der Waals surface area contributed by atoms with Crippen LogP contribution in [0.3, 0.4) is 0 Å². The van der Waals surface area contributed by atoms with E-state index in [2.05, 4.69) is 32.9 Å². The predicted octanol–water partition coefficient (Wildman–Crippen LogP) is 4.98. The van der Waals surface area contributed by atoms with Gasteiger partial charge in [-0.25, -0.2) is 5.06 Å². The summed E-state index contributed by atoms with van der Waals surface area (Å²) in [4.78, 5) is 0. The van der Waals surface area contributed by atoms with E-state index in [1.165, 1.54) is 11.1 Å². The second kappa shape index (κ2) is 8.96. The first-order valence-electron chi connectivity index (χ1n) is 10.8. The standard InChI is InChI=1S/C25H35NO4/c1-16(2)10-8-11-17(3)12-9-15-25(5,28)24-22(27)21-19-13-6-7-14-20(19)26(29)18(4)23(21)30-24/h6-7,10,12-14,18,22,24,27-29H,8-9,11,15H2,1-5H3/b17-12+/t18?,22-,24+,25-/m0/s1. The number of nitrogens with zero attached hydrogens (tertiary/aromatic N) is 1. The average Bonchev–Trinajstić information content (AvgIpc) is 3.04. The van der Waals surface area contributed by atoms with Crippen molar-refractivity contribution in [3.05, 3.63) is 58.9 Å². The molecule has 30 heavy (non-hydrogen) atoms. The zero-order chi connectivity index (χ0) is 22.1. The molecule has 0 aliphatic carbocycles. The number of hydroxylamine groups is 1. The van der Waals surface area contributed by atoms with Crippen molar-refractivity contribution in [1.29, 1.82) is 0 Å². The molecule has 1 aromatic carbocycles. The second-order valence-electron chi connectivity index (χ2n) is 9.07. The van der Waals surface area contributed by atoms with Gasteiger partial charge in [0.2, 0.25) is 0 Å². The molecule has 2 heterocycles. The topological polar surface area (TPSA) is 73.2 Å². The average molecular weight is 414 g/mol. The Hall–Kier alpha value is -2.08. The third-order valence-corrected chi connectivity index (χ3v) is 6.14. The number of aliphatic hydroxyl groups excluding tert-OH is 1. The van der Waals surface area contributed by atoms with E-state index >= 15 is 0 Å².